The lowest BCUT2D eigenvalue weighted by atomic mass is 10.2. The van der Waals surface area contributed by atoms with Crippen LogP contribution in [0.15, 0.2) is 30.3 Å². The number of carbonyl (C=O) groups is 1. The van der Waals surface area contributed by atoms with E-state index in [0.717, 1.165) is 5.56 Å². The molecule has 0 bridgehead atoms. The molecule has 1 aromatic carbocycles. The van der Waals surface area contributed by atoms with Gasteiger partial charge in [0.25, 0.3) is 0 Å². The molecule has 0 aliphatic carbocycles. The van der Waals surface area contributed by atoms with Crippen molar-refractivity contribution in [2.45, 2.75) is 12.9 Å². The number of methoxy groups -OCH3 is 1. The maximum absolute atomic E-state index is 11.2. The van der Waals surface area contributed by atoms with Gasteiger partial charge in [-0.1, -0.05) is 30.3 Å². The number of anilines is 3. The molecule has 1 aromatic heterocycles. The Balaban J connectivity index is 2.07. The number of nitrogens with zero attached hydrogens (tertiary/aromatic N) is 4. The Labute approximate surface area is 133 Å². The molecule has 1 unspecified atom stereocenters. The summed E-state index contributed by atoms with van der Waals surface area (Å²) in [5, 5.41) is 9.16. The fourth-order valence-corrected chi connectivity index (χ4v) is 2.74. The molecule has 8 nitrogen and oxygen atoms in total. The standard InChI is InChI=1S/C15H17N5O3/c1-19-10-11(16)17-12(14(21)22)18-13(10)20(15(19)23-2)8-9-6-4-3-5-7-9/h3-7,15H,8H2,1-2H3,(H,21,22)(H2,16,17,18). The first-order valence-electron chi connectivity index (χ1n) is 7.00. The van der Waals surface area contributed by atoms with Gasteiger partial charge in [-0.15, -0.1) is 0 Å². The van der Waals surface area contributed by atoms with Crippen LogP contribution in [0.4, 0.5) is 17.3 Å². The predicted octanol–water partition coefficient (Wildman–Crippen LogP) is 1.14. The molecule has 2 heterocycles. The van der Waals surface area contributed by atoms with Crippen LogP contribution in [-0.2, 0) is 11.3 Å². The lowest BCUT2D eigenvalue weighted by Crippen LogP contribution is -2.42. The molecule has 2 aromatic rings. The molecule has 0 radical (unpaired) electrons. The van der Waals surface area contributed by atoms with Gasteiger partial charge >= 0.3 is 5.97 Å². The van der Waals surface area contributed by atoms with Crippen molar-refractivity contribution in [3.8, 4) is 0 Å². The third kappa shape index (κ3) is 2.53. The van der Waals surface area contributed by atoms with Crippen LogP contribution in [0.2, 0.25) is 0 Å². The number of carboxylic acid groups (broad SMARTS) is 1. The van der Waals surface area contributed by atoms with Crippen molar-refractivity contribution < 1.29 is 14.6 Å². The molecule has 1 aliphatic heterocycles. The smallest absolute Gasteiger partial charge is 0.374 e. The van der Waals surface area contributed by atoms with E-state index >= 15 is 0 Å². The molecular formula is C15H17N5O3. The highest BCUT2D eigenvalue weighted by molar-refractivity contribution is 5.89. The summed E-state index contributed by atoms with van der Waals surface area (Å²) in [5.74, 6) is -0.979. The van der Waals surface area contributed by atoms with Crippen LogP contribution in [0.25, 0.3) is 0 Å². The zero-order chi connectivity index (χ0) is 16.6. The van der Waals surface area contributed by atoms with Gasteiger partial charge in [0.2, 0.25) is 12.2 Å². The van der Waals surface area contributed by atoms with Crippen LogP contribution < -0.4 is 15.5 Å². The number of carboxylic acids is 1. The number of fused-ring (bicyclic) bond motifs is 1. The second-order valence-electron chi connectivity index (χ2n) is 5.20. The van der Waals surface area contributed by atoms with Crippen LogP contribution in [0.5, 0.6) is 0 Å². The lowest BCUT2D eigenvalue weighted by Gasteiger charge is -2.28. The molecule has 0 spiro atoms. The Morgan fingerprint density at radius 1 is 1.35 bits per heavy atom. The van der Waals surface area contributed by atoms with E-state index in [1.54, 1.807) is 19.1 Å². The molecule has 3 N–H and O–H groups in total. The van der Waals surface area contributed by atoms with E-state index in [1.807, 2.05) is 35.2 Å². The van der Waals surface area contributed by atoms with Crippen molar-refractivity contribution in [1.29, 1.82) is 0 Å². The lowest BCUT2D eigenvalue weighted by molar-refractivity contribution is 0.0683. The minimum atomic E-state index is -1.22. The first-order chi connectivity index (χ1) is 11.0. The van der Waals surface area contributed by atoms with Crippen molar-refractivity contribution in [3.05, 3.63) is 41.7 Å². The third-order valence-corrected chi connectivity index (χ3v) is 3.71. The predicted molar refractivity (Wildman–Crippen MR) is 85.2 cm³/mol. The summed E-state index contributed by atoms with van der Waals surface area (Å²) in [6.07, 6.45) is -0.439. The average molecular weight is 315 g/mol. The van der Waals surface area contributed by atoms with Gasteiger partial charge < -0.3 is 25.4 Å². The number of aromatic carboxylic acids is 1. The van der Waals surface area contributed by atoms with E-state index in [9.17, 15) is 4.79 Å². The van der Waals surface area contributed by atoms with Crippen LogP contribution >= 0.6 is 0 Å². The van der Waals surface area contributed by atoms with Crippen molar-refractivity contribution >= 4 is 23.3 Å². The van der Waals surface area contributed by atoms with Gasteiger partial charge in [0.15, 0.2) is 11.6 Å². The fourth-order valence-electron chi connectivity index (χ4n) is 2.74. The fraction of sp³-hybridized carbons (Fsp3) is 0.267. The Kier molecular flexibility index (Phi) is 3.75. The van der Waals surface area contributed by atoms with Crippen LogP contribution in [-0.4, -0.2) is 41.6 Å². The van der Waals surface area contributed by atoms with E-state index in [2.05, 4.69) is 9.97 Å². The highest BCUT2D eigenvalue weighted by atomic mass is 16.5. The van der Waals surface area contributed by atoms with Crippen molar-refractivity contribution in [1.82, 2.24) is 9.97 Å². The van der Waals surface area contributed by atoms with Crippen LogP contribution in [0, 0.1) is 0 Å². The van der Waals surface area contributed by atoms with E-state index in [4.69, 9.17) is 15.6 Å². The first-order valence-corrected chi connectivity index (χ1v) is 7.00. The Morgan fingerprint density at radius 2 is 2.04 bits per heavy atom. The second-order valence-corrected chi connectivity index (χ2v) is 5.20. The average Bonchev–Trinajstić information content (AvgIpc) is 2.80. The Morgan fingerprint density at radius 3 is 2.65 bits per heavy atom. The largest absolute Gasteiger partial charge is 0.475 e. The van der Waals surface area contributed by atoms with Crippen molar-refractivity contribution in [2.24, 2.45) is 0 Å². The Bertz CT molecular complexity index is 737. The number of aromatic nitrogens is 2. The molecule has 0 amide bonds. The minimum absolute atomic E-state index is 0.118. The quantitative estimate of drug-likeness (QED) is 0.865. The zero-order valence-electron chi connectivity index (χ0n) is 12.8. The molecule has 3 rings (SSSR count). The molecule has 120 valence electrons. The molecule has 1 aliphatic rings. The third-order valence-electron chi connectivity index (χ3n) is 3.71. The van der Waals surface area contributed by atoms with Gasteiger partial charge in [-0.2, -0.15) is 0 Å². The summed E-state index contributed by atoms with van der Waals surface area (Å²) in [4.78, 5) is 22.9. The Hall–Kier alpha value is -2.87. The normalized spacial score (nSPS) is 16.5. The highest BCUT2D eigenvalue weighted by Gasteiger charge is 2.38. The topological polar surface area (TPSA) is 105 Å². The highest BCUT2D eigenvalue weighted by Crippen LogP contribution is 2.41. The van der Waals surface area contributed by atoms with E-state index in [1.165, 1.54) is 0 Å². The number of hydrogen-bond donors (Lipinski definition) is 2. The molecule has 23 heavy (non-hydrogen) atoms. The van der Waals surface area contributed by atoms with Gasteiger partial charge in [0.1, 0.15) is 5.69 Å². The second kappa shape index (κ2) is 5.73. The summed E-state index contributed by atoms with van der Waals surface area (Å²) in [6.45, 7) is 0.506. The molecule has 1 atom stereocenters. The summed E-state index contributed by atoms with van der Waals surface area (Å²) in [5.41, 5.74) is 7.55. The van der Waals surface area contributed by atoms with Gasteiger partial charge in [-0.05, 0) is 5.56 Å². The van der Waals surface area contributed by atoms with Crippen LogP contribution in [0.3, 0.4) is 0 Å². The molecular weight excluding hydrogens is 298 g/mol. The molecule has 0 saturated carbocycles. The van der Waals surface area contributed by atoms with Crippen molar-refractivity contribution in [3.63, 3.8) is 0 Å². The molecule has 0 saturated heterocycles. The molecule has 0 fully saturated rings. The van der Waals surface area contributed by atoms with E-state index in [0.29, 0.717) is 18.1 Å². The number of ether oxygens (including phenoxy) is 1. The first kappa shape index (κ1) is 15.0. The zero-order valence-corrected chi connectivity index (χ0v) is 12.8. The van der Waals surface area contributed by atoms with Gasteiger partial charge in [0, 0.05) is 20.7 Å². The number of rotatable bonds is 4. The number of hydrogen-bond acceptors (Lipinski definition) is 7. The van der Waals surface area contributed by atoms with Gasteiger partial charge in [0.05, 0.1) is 0 Å². The summed E-state index contributed by atoms with van der Waals surface area (Å²) >= 11 is 0. The monoisotopic (exact) mass is 315 g/mol. The number of nitrogens with two attached hydrogens (primary N) is 1. The van der Waals surface area contributed by atoms with E-state index in [-0.39, 0.29) is 11.6 Å². The number of nitrogen functional groups attached to an aromatic ring is 1. The van der Waals surface area contributed by atoms with Crippen LogP contribution in [0.1, 0.15) is 16.2 Å². The summed E-state index contributed by atoms with van der Waals surface area (Å²) in [6, 6.07) is 9.77. The SMILES string of the molecule is COC1N(C)c2c(N)nc(C(=O)O)nc2N1Cc1ccccc1. The van der Waals surface area contributed by atoms with E-state index < -0.39 is 12.3 Å². The summed E-state index contributed by atoms with van der Waals surface area (Å²) in [7, 11) is 3.38. The van der Waals surface area contributed by atoms with Crippen molar-refractivity contribution in [2.75, 3.05) is 29.7 Å². The number of benzene rings is 1. The maximum atomic E-state index is 11.2. The van der Waals surface area contributed by atoms with Gasteiger partial charge in [-0.3, -0.25) is 0 Å². The maximum Gasteiger partial charge on any atom is 0.374 e. The van der Waals surface area contributed by atoms with Gasteiger partial charge in [-0.25, -0.2) is 14.8 Å². The minimum Gasteiger partial charge on any atom is -0.475 e. The summed E-state index contributed by atoms with van der Waals surface area (Å²) < 4.78 is 5.53. The molecule has 8 heteroatoms.